The van der Waals surface area contributed by atoms with Crippen LogP contribution >= 0.6 is 23.1 Å². The molecule has 1 fully saturated rings. The lowest BCUT2D eigenvalue weighted by Gasteiger charge is -2.31. The average molecular weight is 273 g/mol. The molecular formula is C11H19N3OS2. The molecule has 0 atom stereocenters. The van der Waals surface area contributed by atoms with E-state index in [4.69, 9.17) is 0 Å². The molecule has 0 radical (unpaired) electrons. The Morgan fingerprint density at radius 1 is 1.35 bits per heavy atom. The highest BCUT2D eigenvalue weighted by molar-refractivity contribution is 8.01. The Bertz CT molecular complexity index is 350. The first-order valence-electron chi connectivity index (χ1n) is 6.14. The minimum absolute atomic E-state index is 0.479. The molecule has 0 amide bonds. The SMILES string of the molecule is CCNc1nnc(SCC2(O)CCCCC2)s1. The molecule has 0 spiro atoms. The maximum atomic E-state index is 10.4. The van der Waals surface area contributed by atoms with E-state index in [1.165, 1.54) is 6.42 Å². The quantitative estimate of drug-likeness (QED) is 0.808. The fraction of sp³-hybridized carbons (Fsp3) is 0.818. The summed E-state index contributed by atoms with van der Waals surface area (Å²) in [6, 6.07) is 0. The summed E-state index contributed by atoms with van der Waals surface area (Å²) in [4.78, 5) is 0. The summed E-state index contributed by atoms with van der Waals surface area (Å²) >= 11 is 3.19. The van der Waals surface area contributed by atoms with Crippen molar-refractivity contribution in [3.05, 3.63) is 0 Å². The van der Waals surface area contributed by atoms with Crippen LogP contribution in [0.3, 0.4) is 0 Å². The van der Waals surface area contributed by atoms with Gasteiger partial charge in [-0.3, -0.25) is 0 Å². The lowest BCUT2D eigenvalue weighted by molar-refractivity contribution is 0.0273. The second-order valence-corrected chi connectivity index (χ2v) is 6.68. The van der Waals surface area contributed by atoms with E-state index in [1.54, 1.807) is 23.1 Å². The number of nitrogens with one attached hydrogen (secondary N) is 1. The van der Waals surface area contributed by atoms with Crippen LogP contribution in [0.2, 0.25) is 0 Å². The van der Waals surface area contributed by atoms with E-state index >= 15 is 0 Å². The van der Waals surface area contributed by atoms with Gasteiger partial charge in [-0.15, -0.1) is 10.2 Å². The molecule has 1 aliphatic rings. The Labute approximate surface area is 110 Å². The summed E-state index contributed by atoms with van der Waals surface area (Å²) in [5.74, 6) is 0.744. The number of aliphatic hydroxyl groups is 1. The lowest BCUT2D eigenvalue weighted by atomic mass is 9.86. The first kappa shape index (κ1) is 13.1. The molecule has 96 valence electrons. The van der Waals surface area contributed by atoms with Gasteiger partial charge >= 0.3 is 0 Å². The van der Waals surface area contributed by atoms with E-state index in [1.807, 2.05) is 6.92 Å². The molecule has 17 heavy (non-hydrogen) atoms. The topological polar surface area (TPSA) is 58.0 Å². The molecule has 4 nitrogen and oxygen atoms in total. The normalized spacial score (nSPS) is 19.2. The van der Waals surface area contributed by atoms with E-state index in [-0.39, 0.29) is 0 Å². The third kappa shape index (κ3) is 3.82. The third-order valence-electron chi connectivity index (χ3n) is 2.98. The highest BCUT2D eigenvalue weighted by Crippen LogP contribution is 2.34. The number of rotatable bonds is 5. The smallest absolute Gasteiger partial charge is 0.206 e. The Balaban J connectivity index is 1.83. The van der Waals surface area contributed by atoms with Crippen LogP contribution in [0, 0.1) is 0 Å². The second kappa shape index (κ2) is 6.02. The van der Waals surface area contributed by atoms with Crippen LogP contribution in [0.1, 0.15) is 39.0 Å². The van der Waals surface area contributed by atoms with Gasteiger partial charge in [-0.1, -0.05) is 42.4 Å². The summed E-state index contributed by atoms with van der Waals surface area (Å²) < 4.78 is 0.944. The molecule has 6 heteroatoms. The van der Waals surface area contributed by atoms with Gasteiger partial charge in [0.2, 0.25) is 5.13 Å². The van der Waals surface area contributed by atoms with Crippen molar-refractivity contribution in [3.8, 4) is 0 Å². The monoisotopic (exact) mass is 273 g/mol. The third-order valence-corrected chi connectivity index (χ3v) is 5.27. The fourth-order valence-corrected chi connectivity index (χ4v) is 4.01. The van der Waals surface area contributed by atoms with Gasteiger partial charge in [0.05, 0.1) is 5.60 Å². The number of anilines is 1. The van der Waals surface area contributed by atoms with Crippen molar-refractivity contribution in [2.24, 2.45) is 0 Å². The van der Waals surface area contributed by atoms with Gasteiger partial charge in [0.1, 0.15) is 0 Å². The van der Waals surface area contributed by atoms with Crippen LogP contribution in [0.4, 0.5) is 5.13 Å². The molecule has 0 aliphatic heterocycles. The van der Waals surface area contributed by atoms with Gasteiger partial charge in [-0.25, -0.2) is 0 Å². The largest absolute Gasteiger partial charge is 0.389 e. The molecule has 1 saturated carbocycles. The molecule has 0 aromatic carbocycles. The van der Waals surface area contributed by atoms with E-state index < -0.39 is 5.60 Å². The van der Waals surface area contributed by atoms with E-state index in [2.05, 4.69) is 15.5 Å². The highest BCUT2D eigenvalue weighted by Gasteiger charge is 2.29. The van der Waals surface area contributed by atoms with Gasteiger partial charge in [0.15, 0.2) is 4.34 Å². The predicted molar refractivity (Wildman–Crippen MR) is 72.8 cm³/mol. The standard InChI is InChI=1S/C11H19N3OS2/c1-2-12-9-13-14-10(17-9)16-8-11(15)6-4-3-5-7-11/h15H,2-8H2,1H3,(H,12,13). The number of hydrogen-bond acceptors (Lipinski definition) is 6. The van der Waals surface area contributed by atoms with Crippen LogP contribution in [0.25, 0.3) is 0 Å². The van der Waals surface area contributed by atoms with Gasteiger partial charge in [0, 0.05) is 12.3 Å². The Kier molecular flexibility index (Phi) is 4.64. The molecule has 0 unspecified atom stereocenters. The van der Waals surface area contributed by atoms with Crippen LogP contribution < -0.4 is 5.32 Å². The van der Waals surface area contributed by atoms with Crippen molar-refractivity contribution in [1.29, 1.82) is 0 Å². The first-order chi connectivity index (χ1) is 8.22. The summed E-state index contributed by atoms with van der Waals surface area (Å²) in [5, 5.41) is 22.5. The van der Waals surface area contributed by atoms with Gasteiger partial charge in [-0.2, -0.15) is 0 Å². The summed E-state index contributed by atoms with van der Waals surface area (Å²) in [6.07, 6.45) is 5.42. The Morgan fingerprint density at radius 3 is 2.82 bits per heavy atom. The number of hydrogen-bond donors (Lipinski definition) is 2. The van der Waals surface area contributed by atoms with E-state index in [0.717, 1.165) is 47.5 Å². The maximum absolute atomic E-state index is 10.4. The molecule has 2 N–H and O–H groups in total. The number of aromatic nitrogens is 2. The van der Waals surface area contributed by atoms with Crippen LogP contribution in [-0.4, -0.2) is 33.2 Å². The molecular weight excluding hydrogens is 254 g/mol. The predicted octanol–water partition coefficient (Wildman–Crippen LogP) is 2.76. The maximum Gasteiger partial charge on any atom is 0.206 e. The van der Waals surface area contributed by atoms with Crippen LogP contribution in [-0.2, 0) is 0 Å². The molecule has 1 aromatic rings. The summed E-state index contributed by atoms with van der Waals surface area (Å²) in [5.41, 5.74) is -0.479. The minimum Gasteiger partial charge on any atom is -0.389 e. The van der Waals surface area contributed by atoms with E-state index in [0.29, 0.717) is 0 Å². The van der Waals surface area contributed by atoms with Gasteiger partial charge in [-0.05, 0) is 19.8 Å². The first-order valence-corrected chi connectivity index (χ1v) is 7.95. The lowest BCUT2D eigenvalue weighted by Crippen LogP contribution is -2.33. The van der Waals surface area contributed by atoms with Gasteiger partial charge in [0.25, 0.3) is 0 Å². The zero-order chi connectivity index (χ0) is 12.1. The number of nitrogens with zero attached hydrogens (tertiary/aromatic N) is 2. The fourth-order valence-electron chi connectivity index (χ4n) is 2.04. The zero-order valence-electron chi connectivity index (χ0n) is 10.1. The summed E-state index contributed by atoms with van der Waals surface area (Å²) in [6.45, 7) is 2.90. The van der Waals surface area contributed by atoms with Crippen LogP contribution in [0.5, 0.6) is 0 Å². The molecule has 0 saturated heterocycles. The van der Waals surface area contributed by atoms with Gasteiger partial charge < -0.3 is 10.4 Å². The molecule has 1 aromatic heterocycles. The van der Waals surface area contributed by atoms with Crippen molar-refractivity contribution in [1.82, 2.24) is 10.2 Å². The van der Waals surface area contributed by atoms with Crippen molar-refractivity contribution < 1.29 is 5.11 Å². The van der Waals surface area contributed by atoms with E-state index in [9.17, 15) is 5.11 Å². The van der Waals surface area contributed by atoms with Crippen LogP contribution in [0.15, 0.2) is 4.34 Å². The molecule has 1 heterocycles. The molecule has 0 bridgehead atoms. The Morgan fingerprint density at radius 2 is 2.12 bits per heavy atom. The molecule has 2 rings (SSSR count). The summed E-state index contributed by atoms with van der Waals surface area (Å²) in [7, 11) is 0. The molecule has 1 aliphatic carbocycles. The van der Waals surface area contributed by atoms with Crippen molar-refractivity contribution >= 4 is 28.2 Å². The Hall–Kier alpha value is -0.330. The van der Waals surface area contributed by atoms with Crippen molar-refractivity contribution in [2.45, 2.75) is 49.0 Å². The highest BCUT2D eigenvalue weighted by atomic mass is 32.2. The number of thioether (sulfide) groups is 1. The van der Waals surface area contributed by atoms with Crippen molar-refractivity contribution in [2.75, 3.05) is 17.6 Å². The average Bonchev–Trinajstić information content (AvgIpc) is 2.76. The zero-order valence-corrected chi connectivity index (χ0v) is 11.7. The second-order valence-electron chi connectivity index (χ2n) is 4.48. The van der Waals surface area contributed by atoms with Crippen molar-refractivity contribution in [3.63, 3.8) is 0 Å². The minimum atomic E-state index is -0.479.